The molecule has 2 N–H and O–H groups in total. The number of nitrogens with one attached hydrogen (secondary N) is 1. The molecule has 2 rings (SSSR count). The first kappa shape index (κ1) is 13.0. The van der Waals surface area contributed by atoms with E-state index >= 15 is 0 Å². The van der Waals surface area contributed by atoms with E-state index in [1.807, 2.05) is 11.8 Å². The quantitative estimate of drug-likeness (QED) is 0.790. The number of aliphatic hydroxyl groups is 1. The van der Waals surface area contributed by atoms with Gasteiger partial charge in [0.2, 0.25) is 11.8 Å². The topological polar surface area (TPSA) is 91.5 Å². The summed E-state index contributed by atoms with van der Waals surface area (Å²) in [6.07, 6.45) is 0.533. The van der Waals surface area contributed by atoms with Crippen molar-refractivity contribution in [2.75, 3.05) is 25.0 Å². The second kappa shape index (κ2) is 5.45. The molecule has 7 heteroatoms. The van der Waals surface area contributed by atoms with Gasteiger partial charge in [-0.1, -0.05) is 12.0 Å². The highest BCUT2D eigenvalue weighted by Gasteiger charge is 2.25. The molecule has 100 valence electrons. The number of rotatable bonds is 3. The van der Waals surface area contributed by atoms with Crippen LogP contribution in [0.2, 0.25) is 0 Å². The van der Waals surface area contributed by atoms with Crippen LogP contribution in [0.1, 0.15) is 19.2 Å². The largest absolute Gasteiger partial charge is 0.408 e. The van der Waals surface area contributed by atoms with Crippen molar-refractivity contribution in [2.45, 2.75) is 26.4 Å². The summed E-state index contributed by atoms with van der Waals surface area (Å²) in [6.45, 7) is 5.24. The number of anilines is 1. The van der Waals surface area contributed by atoms with E-state index in [4.69, 9.17) is 4.42 Å². The molecular weight excluding hydrogens is 236 g/mol. The van der Waals surface area contributed by atoms with Crippen molar-refractivity contribution < 1.29 is 14.3 Å². The molecule has 0 aromatic carbocycles. The van der Waals surface area contributed by atoms with Crippen molar-refractivity contribution in [2.24, 2.45) is 5.92 Å². The summed E-state index contributed by atoms with van der Waals surface area (Å²) in [7, 11) is 0. The summed E-state index contributed by atoms with van der Waals surface area (Å²) in [5.41, 5.74) is 0. The SMILES string of the molecule is Cc1nnc(NC(=O)CN2CCC(C)C(O)C2)o1. The van der Waals surface area contributed by atoms with Crippen molar-refractivity contribution >= 4 is 11.9 Å². The van der Waals surface area contributed by atoms with Crippen LogP contribution in [0.5, 0.6) is 0 Å². The van der Waals surface area contributed by atoms with E-state index in [9.17, 15) is 9.90 Å². The first-order chi connectivity index (χ1) is 8.54. The van der Waals surface area contributed by atoms with Gasteiger partial charge < -0.3 is 9.52 Å². The Morgan fingerprint density at radius 1 is 1.61 bits per heavy atom. The Balaban J connectivity index is 1.81. The summed E-state index contributed by atoms with van der Waals surface area (Å²) < 4.78 is 5.06. The fourth-order valence-corrected chi connectivity index (χ4v) is 1.97. The first-order valence-corrected chi connectivity index (χ1v) is 6.05. The molecule has 1 amide bonds. The Morgan fingerprint density at radius 2 is 2.39 bits per heavy atom. The summed E-state index contributed by atoms with van der Waals surface area (Å²) in [4.78, 5) is 13.6. The van der Waals surface area contributed by atoms with E-state index < -0.39 is 0 Å². The van der Waals surface area contributed by atoms with Gasteiger partial charge in [-0.15, -0.1) is 5.10 Å². The fourth-order valence-electron chi connectivity index (χ4n) is 1.97. The van der Waals surface area contributed by atoms with E-state index in [-0.39, 0.29) is 24.6 Å². The van der Waals surface area contributed by atoms with E-state index in [0.29, 0.717) is 18.4 Å². The average molecular weight is 254 g/mol. The molecule has 1 aliphatic rings. The smallest absolute Gasteiger partial charge is 0.322 e. The Hall–Kier alpha value is -1.47. The number of carbonyl (C=O) groups excluding carboxylic acids is 1. The second-order valence-electron chi connectivity index (χ2n) is 4.74. The minimum absolute atomic E-state index is 0.114. The van der Waals surface area contributed by atoms with Crippen molar-refractivity contribution in [3.05, 3.63) is 5.89 Å². The molecule has 0 spiro atoms. The van der Waals surface area contributed by atoms with Crippen LogP contribution in [0, 0.1) is 12.8 Å². The van der Waals surface area contributed by atoms with Crippen molar-refractivity contribution in [3.8, 4) is 0 Å². The van der Waals surface area contributed by atoms with Crippen LogP contribution in [0.3, 0.4) is 0 Å². The van der Waals surface area contributed by atoms with Crippen molar-refractivity contribution in [1.29, 1.82) is 0 Å². The standard InChI is InChI=1S/C11H18N4O3/c1-7-3-4-15(5-9(7)16)6-10(17)12-11-14-13-8(2)18-11/h7,9,16H,3-6H2,1-2H3,(H,12,14,17). The zero-order valence-electron chi connectivity index (χ0n) is 10.6. The second-order valence-corrected chi connectivity index (χ2v) is 4.74. The highest BCUT2D eigenvalue weighted by atomic mass is 16.4. The van der Waals surface area contributed by atoms with Gasteiger partial charge in [-0.2, -0.15) is 0 Å². The van der Waals surface area contributed by atoms with Crippen LogP contribution >= 0.6 is 0 Å². The Kier molecular flexibility index (Phi) is 3.93. The van der Waals surface area contributed by atoms with Gasteiger partial charge in [-0.05, 0) is 18.9 Å². The lowest BCUT2D eigenvalue weighted by Crippen LogP contribution is -2.45. The number of carbonyl (C=O) groups is 1. The maximum Gasteiger partial charge on any atom is 0.322 e. The molecule has 1 aromatic heterocycles. The van der Waals surface area contributed by atoms with Gasteiger partial charge in [0, 0.05) is 13.5 Å². The molecule has 1 aromatic rings. The van der Waals surface area contributed by atoms with Gasteiger partial charge in [0.05, 0.1) is 12.6 Å². The number of aromatic nitrogens is 2. The highest BCUT2D eigenvalue weighted by molar-refractivity contribution is 5.90. The van der Waals surface area contributed by atoms with Crippen LogP contribution in [0.4, 0.5) is 6.01 Å². The number of likely N-dealkylation sites (tertiary alicyclic amines) is 1. The molecule has 0 saturated carbocycles. The van der Waals surface area contributed by atoms with Crippen LogP contribution in [-0.4, -0.2) is 51.8 Å². The monoisotopic (exact) mass is 254 g/mol. The minimum atomic E-state index is -0.364. The van der Waals surface area contributed by atoms with Crippen LogP contribution in [0.15, 0.2) is 4.42 Å². The van der Waals surface area contributed by atoms with Gasteiger partial charge in [-0.3, -0.25) is 15.0 Å². The van der Waals surface area contributed by atoms with Gasteiger partial charge >= 0.3 is 6.01 Å². The van der Waals surface area contributed by atoms with E-state index in [2.05, 4.69) is 15.5 Å². The molecule has 2 unspecified atom stereocenters. The number of hydrogen-bond acceptors (Lipinski definition) is 6. The van der Waals surface area contributed by atoms with Crippen molar-refractivity contribution in [3.63, 3.8) is 0 Å². The number of amides is 1. The number of aryl methyl sites for hydroxylation is 1. The molecule has 7 nitrogen and oxygen atoms in total. The maximum atomic E-state index is 11.7. The fraction of sp³-hybridized carbons (Fsp3) is 0.727. The maximum absolute atomic E-state index is 11.7. The third kappa shape index (κ3) is 3.27. The van der Waals surface area contributed by atoms with Crippen LogP contribution < -0.4 is 5.32 Å². The van der Waals surface area contributed by atoms with Crippen LogP contribution in [0.25, 0.3) is 0 Å². The average Bonchev–Trinajstić information content (AvgIpc) is 2.69. The Bertz CT molecular complexity index is 420. The minimum Gasteiger partial charge on any atom is -0.408 e. The molecule has 1 fully saturated rings. The van der Waals surface area contributed by atoms with E-state index in [1.165, 1.54) is 0 Å². The summed E-state index contributed by atoms with van der Waals surface area (Å²) in [5, 5.41) is 19.6. The van der Waals surface area contributed by atoms with Gasteiger partial charge in [0.1, 0.15) is 0 Å². The highest BCUT2D eigenvalue weighted by Crippen LogP contribution is 2.16. The molecule has 0 aliphatic carbocycles. The summed E-state index contributed by atoms with van der Waals surface area (Å²) in [5.74, 6) is 0.496. The van der Waals surface area contributed by atoms with Gasteiger partial charge in [0.25, 0.3) is 0 Å². The number of hydrogen-bond donors (Lipinski definition) is 2. The molecule has 1 saturated heterocycles. The number of piperidine rings is 1. The van der Waals surface area contributed by atoms with Crippen molar-refractivity contribution in [1.82, 2.24) is 15.1 Å². The lowest BCUT2D eigenvalue weighted by molar-refractivity contribution is -0.118. The zero-order valence-corrected chi connectivity index (χ0v) is 10.6. The molecule has 0 bridgehead atoms. The molecule has 1 aliphatic heterocycles. The molecule has 2 atom stereocenters. The van der Waals surface area contributed by atoms with Crippen LogP contribution in [-0.2, 0) is 4.79 Å². The Morgan fingerprint density at radius 3 is 3.00 bits per heavy atom. The number of β-amino-alcohol motifs (C(OH)–C–C–N with tert-alkyl or cyclic N) is 1. The number of nitrogens with zero attached hydrogens (tertiary/aromatic N) is 3. The lowest BCUT2D eigenvalue weighted by Gasteiger charge is -2.33. The van der Waals surface area contributed by atoms with E-state index in [1.54, 1.807) is 6.92 Å². The predicted octanol–water partition coefficient (Wildman–Crippen LogP) is 0.0192. The first-order valence-electron chi connectivity index (χ1n) is 6.05. The van der Waals surface area contributed by atoms with Gasteiger partial charge in [-0.25, -0.2) is 0 Å². The predicted molar refractivity (Wildman–Crippen MR) is 63.9 cm³/mol. The molecule has 2 heterocycles. The summed E-state index contributed by atoms with van der Waals surface area (Å²) >= 11 is 0. The lowest BCUT2D eigenvalue weighted by atomic mass is 9.96. The molecule has 0 radical (unpaired) electrons. The number of aliphatic hydroxyl groups excluding tert-OH is 1. The summed E-state index contributed by atoms with van der Waals surface area (Å²) in [6, 6.07) is 0.114. The third-order valence-electron chi connectivity index (χ3n) is 3.14. The van der Waals surface area contributed by atoms with E-state index in [0.717, 1.165) is 13.0 Å². The molecule has 18 heavy (non-hydrogen) atoms. The molecular formula is C11H18N4O3. The zero-order chi connectivity index (χ0) is 13.1. The normalized spacial score (nSPS) is 25.1. The van der Waals surface area contributed by atoms with Gasteiger partial charge in [0.15, 0.2) is 0 Å². The Labute approximate surface area is 105 Å². The third-order valence-corrected chi connectivity index (χ3v) is 3.14.